The summed E-state index contributed by atoms with van der Waals surface area (Å²) in [5, 5.41) is 16.8. The van der Waals surface area contributed by atoms with Crippen molar-refractivity contribution in [1.29, 1.82) is 0 Å². The molecule has 6 N–H and O–H groups in total. The van der Waals surface area contributed by atoms with Gasteiger partial charge < -0.3 is 22.1 Å². The second-order valence-electron chi connectivity index (χ2n) is 10.6. The Bertz CT molecular complexity index is 1440. The van der Waals surface area contributed by atoms with Gasteiger partial charge in [-0.3, -0.25) is 14.6 Å². The normalized spacial score (nSPS) is 25.4. The van der Waals surface area contributed by atoms with Crippen molar-refractivity contribution >= 4 is 56.6 Å². The molecule has 2 fully saturated rings. The zero-order chi connectivity index (χ0) is 27.0. The van der Waals surface area contributed by atoms with Gasteiger partial charge in [0.05, 0.1) is 23.6 Å². The molecule has 3 aromatic rings. The van der Waals surface area contributed by atoms with Crippen LogP contribution in [0, 0.1) is 5.92 Å². The first-order valence-electron chi connectivity index (χ1n) is 13.3. The average Bonchev–Trinajstić information content (AvgIpc) is 3.23. The van der Waals surface area contributed by atoms with Crippen LogP contribution in [0.5, 0.6) is 0 Å². The molecule has 0 saturated heterocycles. The minimum absolute atomic E-state index is 0.0738. The molecule has 1 aromatic heterocycles. The molecule has 4 atom stereocenters. The highest BCUT2D eigenvalue weighted by Crippen LogP contribution is 2.64. The fraction of sp³-hybridized carbons (Fsp3) is 0.393. The van der Waals surface area contributed by atoms with E-state index in [2.05, 4.69) is 20.8 Å². The molecule has 2 amide bonds. The maximum atomic E-state index is 12.6. The van der Waals surface area contributed by atoms with Crippen molar-refractivity contribution in [3.8, 4) is 0 Å². The molecule has 3 aliphatic rings. The van der Waals surface area contributed by atoms with Crippen LogP contribution in [-0.2, 0) is 22.4 Å². The number of rotatable bonds is 7. The van der Waals surface area contributed by atoms with Crippen LogP contribution >= 0.6 is 23.1 Å². The lowest BCUT2D eigenvalue weighted by Crippen LogP contribution is -2.32. The van der Waals surface area contributed by atoms with E-state index >= 15 is 0 Å². The van der Waals surface area contributed by atoms with Crippen LogP contribution in [0.15, 0.2) is 53.5 Å². The van der Waals surface area contributed by atoms with Crippen LogP contribution in [0.4, 0.5) is 16.5 Å². The second kappa shape index (κ2) is 10.6. The van der Waals surface area contributed by atoms with Crippen LogP contribution < -0.4 is 22.1 Å². The number of amides is 2. The lowest BCUT2D eigenvalue weighted by Gasteiger charge is -2.32. The summed E-state index contributed by atoms with van der Waals surface area (Å²) in [5.74, 6) is 0.570. The van der Waals surface area contributed by atoms with Gasteiger partial charge in [-0.05, 0) is 54.9 Å². The first-order chi connectivity index (χ1) is 18.9. The summed E-state index contributed by atoms with van der Waals surface area (Å²) in [6.07, 6.45) is 5.85. The molecule has 2 saturated carbocycles. The van der Waals surface area contributed by atoms with Gasteiger partial charge in [0.25, 0.3) is 0 Å². The van der Waals surface area contributed by atoms with Crippen LogP contribution in [0.2, 0.25) is 0 Å². The van der Waals surface area contributed by atoms with Gasteiger partial charge in [-0.15, -0.1) is 10.2 Å². The van der Waals surface area contributed by atoms with Gasteiger partial charge in [-0.25, -0.2) is 0 Å². The maximum absolute atomic E-state index is 12.6. The minimum Gasteiger partial charge on any atom is -0.398 e. The Morgan fingerprint density at radius 3 is 2.28 bits per heavy atom. The molecule has 11 heteroatoms. The Morgan fingerprint density at radius 2 is 1.59 bits per heavy atom. The van der Waals surface area contributed by atoms with Crippen molar-refractivity contribution in [2.75, 3.05) is 16.8 Å². The third kappa shape index (κ3) is 5.51. The topological polar surface area (TPSA) is 148 Å². The smallest absolute Gasteiger partial charge is 0.230 e. The van der Waals surface area contributed by atoms with Gasteiger partial charge in [-0.1, -0.05) is 65.9 Å². The Balaban J connectivity index is 1.03. The van der Waals surface area contributed by atoms with Gasteiger partial charge in [0.15, 0.2) is 5.17 Å². The number of nitrogens with one attached hydrogen (secondary N) is 2. The van der Waals surface area contributed by atoms with Crippen molar-refractivity contribution in [2.24, 2.45) is 10.9 Å². The molecule has 9 nitrogen and oxygen atoms in total. The molecule has 2 heterocycles. The number of benzene rings is 2. The van der Waals surface area contributed by atoms with E-state index in [0.717, 1.165) is 53.4 Å². The van der Waals surface area contributed by atoms with Crippen molar-refractivity contribution in [3.05, 3.63) is 64.7 Å². The van der Waals surface area contributed by atoms with Crippen molar-refractivity contribution in [3.63, 3.8) is 0 Å². The molecule has 1 aliphatic heterocycles. The lowest BCUT2D eigenvalue weighted by atomic mass is 9.79. The number of aliphatic imine (C=N–C) groups is 1. The summed E-state index contributed by atoms with van der Waals surface area (Å²) in [7, 11) is 0. The number of nitrogen functional groups attached to an aromatic ring is 2. The summed E-state index contributed by atoms with van der Waals surface area (Å²) in [6, 6.07) is 15.1. The average molecular weight is 562 g/mol. The molecule has 2 aliphatic carbocycles. The van der Waals surface area contributed by atoms with E-state index in [0.29, 0.717) is 28.3 Å². The standard InChI is InChI=1S/C28H31N7O2S2/c29-20-10-3-1-6-16(20)13-23(36)32-26-31-22-15-28(22,39-26)19-9-5-8-18(12-19)25-34-35-27(38-25)33-24(37)14-17-7-2-4-11-21(17)30/h1-4,6-7,10-11,18-19,22H,5,8-9,12-15,29-30H2,(H,31,32,36)(H,33,35,37)/t18-,19-,22?,28?/m1/s1. The van der Waals surface area contributed by atoms with E-state index in [1.807, 2.05) is 42.5 Å². The molecule has 39 heavy (non-hydrogen) atoms. The Kier molecular flexibility index (Phi) is 7.03. The fourth-order valence-electron chi connectivity index (χ4n) is 5.81. The van der Waals surface area contributed by atoms with Gasteiger partial charge >= 0.3 is 0 Å². The number of para-hydroxylation sites is 2. The predicted octanol–water partition coefficient (Wildman–Crippen LogP) is 4.13. The van der Waals surface area contributed by atoms with Gasteiger partial charge in [0.1, 0.15) is 5.01 Å². The number of carbonyl (C=O) groups excluding carboxylic acids is 2. The zero-order valence-corrected chi connectivity index (χ0v) is 23.1. The van der Waals surface area contributed by atoms with E-state index in [9.17, 15) is 9.59 Å². The number of nitrogens with two attached hydrogens (primary N) is 2. The number of nitrogens with zero attached hydrogens (tertiary/aromatic N) is 3. The lowest BCUT2D eigenvalue weighted by molar-refractivity contribution is -0.119. The third-order valence-electron chi connectivity index (χ3n) is 7.94. The molecular formula is C28H31N7O2S2. The van der Waals surface area contributed by atoms with Gasteiger partial charge in [0.2, 0.25) is 16.9 Å². The summed E-state index contributed by atoms with van der Waals surface area (Å²) in [4.78, 5) is 30.0. The molecule has 202 valence electrons. The molecule has 0 radical (unpaired) electrons. The third-order valence-corrected chi connectivity index (χ3v) is 10.5. The van der Waals surface area contributed by atoms with Crippen LogP contribution in [-0.4, -0.2) is 38.0 Å². The first-order valence-corrected chi connectivity index (χ1v) is 14.9. The molecule has 2 unspecified atom stereocenters. The molecular weight excluding hydrogens is 530 g/mol. The Labute approximate surface area is 235 Å². The minimum atomic E-state index is -0.152. The largest absolute Gasteiger partial charge is 0.398 e. The van der Waals surface area contributed by atoms with Gasteiger partial charge in [-0.2, -0.15) is 0 Å². The van der Waals surface area contributed by atoms with Gasteiger partial charge in [0, 0.05) is 17.3 Å². The zero-order valence-electron chi connectivity index (χ0n) is 21.4. The van der Waals surface area contributed by atoms with E-state index < -0.39 is 0 Å². The van der Waals surface area contributed by atoms with Crippen molar-refractivity contribution in [2.45, 2.75) is 61.7 Å². The number of hydrogen-bond donors (Lipinski definition) is 4. The first kappa shape index (κ1) is 25.8. The number of fused-ring (bicyclic) bond motifs is 1. The quantitative estimate of drug-likeness (QED) is 0.317. The van der Waals surface area contributed by atoms with Crippen LogP contribution in [0.3, 0.4) is 0 Å². The summed E-state index contributed by atoms with van der Waals surface area (Å²) in [6.45, 7) is 0. The van der Waals surface area contributed by atoms with E-state index in [1.165, 1.54) is 11.3 Å². The number of anilines is 3. The highest BCUT2D eigenvalue weighted by atomic mass is 32.2. The SMILES string of the molecule is Nc1ccccc1CC(=O)NC1=NC2CC2([C@@H]2CCC[C@@H](c3nnc(NC(=O)Cc4ccccc4N)s3)C2)S1. The van der Waals surface area contributed by atoms with E-state index in [1.54, 1.807) is 17.8 Å². The Morgan fingerprint density at radius 1 is 0.923 bits per heavy atom. The molecule has 0 spiro atoms. The number of thioether (sulfide) groups is 1. The summed E-state index contributed by atoms with van der Waals surface area (Å²) in [5.41, 5.74) is 14.8. The second-order valence-corrected chi connectivity index (χ2v) is 12.9. The Hall–Kier alpha value is -3.44. The van der Waals surface area contributed by atoms with Crippen LogP contribution in [0.25, 0.3) is 0 Å². The maximum Gasteiger partial charge on any atom is 0.230 e. The number of hydrogen-bond acceptors (Lipinski definition) is 9. The van der Waals surface area contributed by atoms with E-state index in [4.69, 9.17) is 16.5 Å². The predicted molar refractivity (Wildman–Crippen MR) is 157 cm³/mol. The molecule has 2 aromatic carbocycles. The number of aromatic nitrogens is 2. The number of amidine groups is 1. The number of carbonyl (C=O) groups is 2. The van der Waals surface area contributed by atoms with Crippen molar-refractivity contribution in [1.82, 2.24) is 15.5 Å². The highest BCUT2D eigenvalue weighted by Gasteiger charge is 2.64. The van der Waals surface area contributed by atoms with E-state index in [-0.39, 0.29) is 35.4 Å². The molecule has 6 rings (SSSR count). The van der Waals surface area contributed by atoms with Crippen LogP contribution in [0.1, 0.15) is 54.2 Å². The highest BCUT2D eigenvalue weighted by molar-refractivity contribution is 8.15. The fourth-order valence-corrected chi connectivity index (χ4v) is 8.23. The summed E-state index contributed by atoms with van der Waals surface area (Å²) < 4.78 is 0.0738. The molecule has 0 bridgehead atoms. The van der Waals surface area contributed by atoms with Crippen molar-refractivity contribution < 1.29 is 9.59 Å². The monoisotopic (exact) mass is 561 g/mol. The summed E-state index contributed by atoms with van der Waals surface area (Å²) >= 11 is 3.20.